The average Bonchev–Trinajstić information content (AvgIpc) is 2.23. The topological polar surface area (TPSA) is 26.0 Å². The van der Waals surface area contributed by atoms with E-state index in [0.717, 1.165) is 12.1 Å². The number of hydrogen-bond donors (Lipinski definition) is 1. The Morgan fingerprint density at radius 3 is 2.53 bits per heavy atom. The molecule has 0 radical (unpaired) electrons. The Balaban J connectivity index is 3.00. The molecule has 17 heavy (non-hydrogen) atoms. The standard InChI is InChI=1S/C12H13ClF3N/c1-2-3-4-11(17)8-5-9(12(14,15)16)7-10(13)6-8/h2,5-7,11H,1,3-4,17H2/t11-/m0/s1. The van der Waals surface area contributed by atoms with Gasteiger partial charge in [-0.2, -0.15) is 13.2 Å². The van der Waals surface area contributed by atoms with Crippen molar-refractivity contribution in [1.29, 1.82) is 0 Å². The van der Waals surface area contributed by atoms with E-state index in [2.05, 4.69) is 6.58 Å². The monoisotopic (exact) mass is 263 g/mol. The van der Waals surface area contributed by atoms with Gasteiger partial charge in [0.1, 0.15) is 0 Å². The number of allylic oxidation sites excluding steroid dienone is 1. The minimum atomic E-state index is -4.40. The van der Waals surface area contributed by atoms with Crippen molar-refractivity contribution in [3.8, 4) is 0 Å². The van der Waals surface area contributed by atoms with Crippen molar-refractivity contribution in [2.75, 3.05) is 0 Å². The zero-order valence-electron chi connectivity index (χ0n) is 9.10. The Bertz CT molecular complexity index is 401. The predicted octanol–water partition coefficient (Wildman–Crippen LogP) is 4.32. The maximum atomic E-state index is 12.5. The summed E-state index contributed by atoms with van der Waals surface area (Å²) in [6.45, 7) is 3.54. The van der Waals surface area contributed by atoms with E-state index in [1.165, 1.54) is 6.07 Å². The number of benzene rings is 1. The van der Waals surface area contributed by atoms with Crippen LogP contribution in [0.5, 0.6) is 0 Å². The molecule has 1 rings (SSSR count). The fourth-order valence-electron chi connectivity index (χ4n) is 1.45. The Morgan fingerprint density at radius 1 is 1.35 bits per heavy atom. The lowest BCUT2D eigenvalue weighted by atomic mass is 10.0. The molecular formula is C12H13ClF3N. The molecule has 1 atom stereocenters. The van der Waals surface area contributed by atoms with Crippen LogP contribution in [0, 0.1) is 0 Å². The number of rotatable bonds is 4. The molecule has 0 aliphatic carbocycles. The van der Waals surface area contributed by atoms with Crippen molar-refractivity contribution >= 4 is 11.6 Å². The molecule has 0 bridgehead atoms. The molecule has 1 aromatic carbocycles. The summed E-state index contributed by atoms with van der Waals surface area (Å²) in [6, 6.07) is 2.93. The van der Waals surface area contributed by atoms with E-state index in [0.29, 0.717) is 18.4 Å². The zero-order chi connectivity index (χ0) is 13.1. The molecule has 0 fully saturated rings. The van der Waals surface area contributed by atoms with Gasteiger partial charge in [0.15, 0.2) is 0 Å². The second-order valence-electron chi connectivity index (χ2n) is 3.74. The Kier molecular flexibility index (Phi) is 4.60. The summed E-state index contributed by atoms with van der Waals surface area (Å²) >= 11 is 5.66. The van der Waals surface area contributed by atoms with Gasteiger partial charge in [-0.15, -0.1) is 6.58 Å². The molecule has 1 aromatic rings. The van der Waals surface area contributed by atoms with Gasteiger partial charge >= 0.3 is 6.18 Å². The van der Waals surface area contributed by atoms with Crippen LogP contribution in [0.25, 0.3) is 0 Å². The Morgan fingerprint density at radius 2 is 2.00 bits per heavy atom. The van der Waals surface area contributed by atoms with Gasteiger partial charge in [0.05, 0.1) is 5.56 Å². The highest BCUT2D eigenvalue weighted by Crippen LogP contribution is 2.33. The van der Waals surface area contributed by atoms with Crippen molar-refractivity contribution in [3.05, 3.63) is 47.0 Å². The largest absolute Gasteiger partial charge is 0.416 e. The van der Waals surface area contributed by atoms with Gasteiger partial charge in [0, 0.05) is 11.1 Å². The van der Waals surface area contributed by atoms with Gasteiger partial charge < -0.3 is 5.73 Å². The third-order valence-corrected chi connectivity index (χ3v) is 2.58. The van der Waals surface area contributed by atoms with Crippen LogP contribution in [0.15, 0.2) is 30.9 Å². The molecule has 5 heteroatoms. The molecule has 0 saturated carbocycles. The van der Waals surface area contributed by atoms with Crippen molar-refractivity contribution in [2.45, 2.75) is 25.1 Å². The van der Waals surface area contributed by atoms with Crippen LogP contribution in [0.3, 0.4) is 0 Å². The third kappa shape index (κ3) is 4.06. The SMILES string of the molecule is C=CCC[C@H](N)c1cc(Cl)cc(C(F)(F)F)c1. The van der Waals surface area contributed by atoms with Crippen LogP contribution < -0.4 is 5.73 Å². The number of nitrogens with two attached hydrogens (primary N) is 1. The van der Waals surface area contributed by atoms with Crippen LogP contribution >= 0.6 is 11.6 Å². The predicted molar refractivity (Wildman–Crippen MR) is 62.8 cm³/mol. The van der Waals surface area contributed by atoms with Crippen LogP contribution in [-0.2, 0) is 6.18 Å². The van der Waals surface area contributed by atoms with Gasteiger partial charge in [0.25, 0.3) is 0 Å². The van der Waals surface area contributed by atoms with Gasteiger partial charge in [-0.1, -0.05) is 17.7 Å². The van der Waals surface area contributed by atoms with Crippen LogP contribution in [0.2, 0.25) is 5.02 Å². The second-order valence-corrected chi connectivity index (χ2v) is 4.18. The first-order valence-electron chi connectivity index (χ1n) is 5.08. The first-order valence-corrected chi connectivity index (χ1v) is 5.46. The van der Waals surface area contributed by atoms with Crippen molar-refractivity contribution in [3.63, 3.8) is 0 Å². The molecule has 0 aliphatic heterocycles. The summed E-state index contributed by atoms with van der Waals surface area (Å²) in [5, 5.41) is 0.0453. The molecule has 0 heterocycles. The van der Waals surface area contributed by atoms with Gasteiger partial charge in [0.2, 0.25) is 0 Å². The van der Waals surface area contributed by atoms with E-state index in [-0.39, 0.29) is 5.02 Å². The molecule has 0 aliphatic rings. The van der Waals surface area contributed by atoms with Crippen molar-refractivity contribution in [2.24, 2.45) is 5.73 Å². The molecule has 2 N–H and O–H groups in total. The number of alkyl halides is 3. The highest BCUT2D eigenvalue weighted by atomic mass is 35.5. The minimum absolute atomic E-state index is 0.0453. The fraction of sp³-hybridized carbons (Fsp3) is 0.333. The van der Waals surface area contributed by atoms with Gasteiger partial charge in [-0.25, -0.2) is 0 Å². The molecule has 0 aromatic heterocycles. The normalized spacial score (nSPS) is 13.5. The minimum Gasteiger partial charge on any atom is -0.324 e. The van der Waals surface area contributed by atoms with Crippen molar-refractivity contribution < 1.29 is 13.2 Å². The van der Waals surface area contributed by atoms with Crippen LogP contribution in [0.4, 0.5) is 13.2 Å². The highest BCUT2D eigenvalue weighted by molar-refractivity contribution is 6.30. The molecule has 1 nitrogen and oxygen atoms in total. The lowest BCUT2D eigenvalue weighted by molar-refractivity contribution is -0.137. The van der Waals surface area contributed by atoms with E-state index in [4.69, 9.17) is 17.3 Å². The summed E-state index contributed by atoms with van der Waals surface area (Å²) in [4.78, 5) is 0. The average molecular weight is 264 g/mol. The number of halogens is 4. The smallest absolute Gasteiger partial charge is 0.324 e. The lowest BCUT2D eigenvalue weighted by Gasteiger charge is -2.14. The van der Waals surface area contributed by atoms with E-state index in [1.807, 2.05) is 0 Å². The van der Waals surface area contributed by atoms with Crippen molar-refractivity contribution in [1.82, 2.24) is 0 Å². The molecular weight excluding hydrogens is 251 g/mol. The summed E-state index contributed by atoms with van der Waals surface area (Å²) < 4.78 is 37.6. The summed E-state index contributed by atoms with van der Waals surface area (Å²) in [7, 11) is 0. The molecule has 0 spiro atoms. The molecule has 0 amide bonds. The summed E-state index contributed by atoms with van der Waals surface area (Å²) in [5.41, 5.74) is 5.41. The molecule has 0 unspecified atom stereocenters. The number of hydrogen-bond acceptors (Lipinski definition) is 1. The molecule has 0 saturated heterocycles. The van der Waals surface area contributed by atoms with E-state index >= 15 is 0 Å². The first-order chi connectivity index (χ1) is 7.84. The van der Waals surface area contributed by atoms with Crippen LogP contribution in [0.1, 0.15) is 30.0 Å². The zero-order valence-corrected chi connectivity index (χ0v) is 9.85. The van der Waals surface area contributed by atoms with Crippen LogP contribution in [-0.4, -0.2) is 0 Å². The molecule has 94 valence electrons. The van der Waals surface area contributed by atoms with E-state index < -0.39 is 17.8 Å². The quantitative estimate of drug-likeness (QED) is 0.804. The summed E-state index contributed by atoms with van der Waals surface area (Å²) in [6.07, 6.45) is -1.54. The lowest BCUT2D eigenvalue weighted by Crippen LogP contribution is -2.12. The summed E-state index contributed by atoms with van der Waals surface area (Å²) in [5.74, 6) is 0. The van der Waals surface area contributed by atoms with Gasteiger partial charge in [-0.3, -0.25) is 0 Å². The Labute approximate surface area is 103 Å². The fourth-order valence-corrected chi connectivity index (χ4v) is 1.70. The highest BCUT2D eigenvalue weighted by Gasteiger charge is 2.31. The second kappa shape index (κ2) is 5.56. The maximum Gasteiger partial charge on any atom is 0.416 e. The Hall–Kier alpha value is -1.00. The van der Waals surface area contributed by atoms with Gasteiger partial charge in [-0.05, 0) is 36.6 Å². The first kappa shape index (κ1) is 14.1. The van der Waals surface area contributed by atoms with E-state index in [9.17, 15) is 13.2 Å². The maximum absolute atomic E-state index is 12.5. The third-order valence-electron chi connectivity index (χ3n) is 2.36. The van der Waals surface area contributed by atoms with E-state index in [1.54, 1.807) is 6.08 Å².